The van der Waals surface area contributed by atoms with Crippen LogP contribution in [0.2, 0.25) is 0 Å². The Labute approximate surface area is 191 Å². The molecule has 0 radical (unpaired) electrons. The first-order valence-corrected chi connectivity index (χ1v) is 10.3. The maximum atomic E-state index is 12.9. The molecule has 0 aliphatic heterocycles. The van der Waals surface area contributed by atoms with Crippen LogP contribution in [0.4, 0.5) is 18.9 Å². The average molecular weight is 483 g/mol. The average Bonchev–Trinajstić information content (AvgIpc) is 3.25. The largest absolute Gasteiger partial charge is 0.493 e. The van der Waals surface area contributed by atoms with Gasteiger partial charge in [0.15, 0.2) is 22.3 Å². The summed E-state index contributed by atoms with van der Waals surface area (Å²) in [6.07, 6.45) is -3.04. The minimum Gasteiger partial charge on any atom is -0.493 e. The summed E-state index contributed by atoms with van der Waals surface area (Å²) in [5.41, 5.74) is -0.314. The van der Waals surface area contributed by atoms with Crippen LogP contribution in [0.15, 0.2) is 35.6 Å². The molecule has 0 fully saturated rings. The maximum absolute atomic E-state index is 12.9. The number of amides is 1. The summed E-state index contributed by atoms with van der Waals surface area (Å²) in [6.45, 7) is 1.46. The lowest BCUT2D eigenvalue weighted by Gasteiger charge is -2.14. The third-order valence-electron chi connectivity index (χ3n) is 4.25. The summed E-state index contributed by atoms with van der Waals surface area (Å²) < 4.78 is 56.0. The summed E-state index contributed by atoms with van der Waals surface area (Å²) in [5, 5.41) is 6.80. The van der Waals surface area contributed by atoms with Gasteiger partial charge in [0, 0.05) is 29.7 Å². The standard InChI is InChI=1S/C20H20F3N5O4S/c1-11-7-16(20(21,22)23)26-19(24-11)33-10-28-6-5-13(27-28)18(29)25-12-8-14(30-2)17(32-4)15(9-12)31-3/h5-9H,10H2,1-4H3,(H,25,29). The van der Waals surface area contributed by atoms with E-state index in [1.165, 1.54) is 45.2 Å². The van der Waals surface area contributed by atoms with Crippen LogP contribution in [0.25, 0.3) is 0 Å². The Morgan fingerprint density at radius 1 is 1.09 bits per heavy atom. The number of aromatic nitrogens is 4. The van der Waals surface area contributed by atoms with Gasteiger partial charge in [-0.15, -0.1) is 0 Å². The molecule has 176 valence electrons. The topological polar surface area (TPSA) is 100 Å². The Hall–Kier alpha value is -3.48. The Kier molecular flexibility index (Phi) is 7.31. The second-order valence-corrected chi connectivity index (χ2v) is 7.47. The highest BCUT2D eigenvalue weighted by atomic mass is 32.2. The van der Waals surface area contributed by atoms with Crippen molar-refractivity contribution in [1.29, 1.82) is 0 Å². The number of hydrogen-bond acceptors (Lipinski definition) is 8. The normalized spacial score (nSPS) is 11.2. The molecule has 1 amide bonds. The van der Waals surface area contributed by atoms with E-state index in [4.69, 9.17) is 14.2 Å². The fraction of sp³-hybridized carbons (Fsp3) is 0.300. The quantitative estimate of drug-likeness (QED) is 0.379. The van der Waals surface area contributed by atoms with Gasteiger partial charge < -0.3 is 19.5 Å². The fourth-order valence-electron chi connectivity index (χ4n) is 2.78. The molecule has 3 rings (SSSR count). The van der Waals surface area contributed by atoms with Crippen molar-refractivity contribution < 1.29 is 32.2 Å². The first-order chi connectivity index (χ1) is 15.6. The number of nitrogens with one attached hydrogen (secondary N) is 1. The molecule has 0 unspecified atom stereocenters. The zero-order chi connectivity index (χ0) is 24.2. The molecule has 0 atom stereocenters. The van der Waals surface area contributed by atoms with Crippen LogP contribution in [-0.4, -0.2) is 47.0 Å². The number of benzene rings is 1. The van der Waals surface area contributed by atoms with Gasteiger partial charge in [-0.05, 0) is 19.1 Å². The summed E-state index contributed by atoms with van der Waals surface area (Å²) in [7, 11) is 4.38. The molecule has 1 N–H and O–H groups in total. The SMILES string of the molecule is COc1cc(NC(=O)c2ccn(CSc3nc(C)cc(C(F)(F)F)n3)n2)cc(OC)c1OC. The summed E-state index contributed by atoms with van der Waals surface area (Å²) in [4.78, 5) is 20.1. The van der Waals surface area contributed by atoms with E-state index in [0.717, 1.165) is 17.8 Å². The van der Waals surface area contributed by atoms with Gasteiger partial charge in [-0.1, -0.05) is 11.8 Å². The van der Waals surface area contributed by atoms with Crippen molar-refractivity contribution in [2.75, 3.05) is 26.6 Å². The smallest absolute Gasteiger partial charge is 0.433 e. The van der Waals surface area contributed by atoms with Crippen LogP contribution in [-0.2, 0) is 12.1 Å². The van der Waals surface area contributed by atoms with Crippen molar-refractivity contribution in [3.63, 3.8) is 0 Å². The van der Waals surface area contributed by atoms with E-state index in [1.54, 1.807) is 12.1 Å². The molecule has 0 spiro atoms. The minimum absolute atomic E-state index is 0.0405. The summed E-state index contributed by atoms with van der Waals surface area (Å²) in [5.74, 6) is 0.722. The van der Waals surface area contributed by atoms with Crippen molar-refractivity contribution in [3.8, 4) is 17.2 Å². The van der Waals surface area contributed by atoms with Crippen LogP contribution >= 0.6 is 11.8 Å². The Balaban J connectivity index is 1.70. The molecule has 0 saturated heterocycles. The molecule has 0 saturated carbocycles. The number of halogens is 3. The summed E-state index contributed by atoms with van der Waals surface area (Å²) in [6, 6.07) is 5.49. The van der Waals surface area contributed by atoms with E-state index in [0.29, 0.717) is 22.9 Å². The fourth-order valence-corrected chi connectivity index (χ4v) is 3.54. The van der Waals surface area contributed by atoms with Crippen molar-refractivity contribution >= 4 is 23.4 Å². The number of ether oxygens (including phenoxy) is 3. The number of aryl methyl sites for hydroxylation is 1. The Morgan fingerprint density at radius 3 is 2.33 bits per heavy atom. The van der Waals surface area contributed by atoms with Crippen LogP contribution in [0.5, 0.6) is 17.2 Å². The highest BCUT2D eigenvalue weighted by Gasteiger charge is 2.33. The predicted molar refractivity (Wildman–Crippen MR) is 114 cm³/mol. The molecule has 0 bridgehead atoms. The number of nitrogens with zero attached hydrogens (tertiary/aromatic N) is 4. The van der Waals surface area contributed by atoms with Gasteiger partial charge >= 0.3 is 6.18 Å². The van der Waals surface area contributed by atoms with E-state index in [-0.39, 0.29) is 22.4 Å². The highest BCUT2D eigenvalue weighted by Crippen LogP contribution is 2.40. The van der Waals surface area contributed by atoms with Gasteiger partial charge in [0.2, 0.25) is 5.75 Å². The van der Waals surface area contributed by atoms with Gasteiger partial charge in [-0.3, -0.25) is 9.48 Å². The molecule has 13 heteroatoms. The lowest BCUT2D eigenvalue weighted by atomic mass is 10.2. The third-order valence-corrected chi connectivity index (χ3v) is 5.08. The molecular formula is C20H20F3N5O4S. The highest BCUT2D eigenvalue weighted by molar-refractivity contribution is 7.98. The van der Waals surface area contributed by atoms with Crippen molar-refractivity contribution in [2.45, 2.75) is 24.1 Å². The van der Waals surface area contributed by atoms with E-state index in [1.807, 2.05) is 0 Å². The lowest BCUT2D eigenvalue weighted by molar-refractivity contribution is -0.141. The lowest BCUT2D eigenvalue weighted by Crippen LogP contribution is -2.14. The maximum Gasteiger partial charge on any atom is 0.433 e. The van der Waals surface area contributed by atoms with E-state index in [2.05, 4.69) is 20.4 Å². The first kappa shape index (κ1) is 24.2. The number of methoxy groups -OCH3 is 3. The van der Waals surface area contributed by atoms with Gasteiger partial charge in [-0.2, -0.15) is 18.3 Å². The van der Waals surface area contributed by atoms with Crippen molar-refractivity contribution in [1.82, 2.24) is 19.7 Å². The van der Waals surface area contributed by atoms with E-state index in [9.17, 15) is 18.0 Å². The second-order valence-electron chi connectivity index (χ2n) is 6.56. The molecule has 9 nitrogen and oxygen atoms in total. The molecule has 0 aliphatic rings. The number of carbonyl (C=O) groups is 1. The Bertz CT molecular complexity index is 1130. The zero-order valence-corrected chi connectivity index (χ0v) is 18.9. The Morgan fingerprint density at radius 2 is 1.76 bits per heavy atom. The number of alkyl halides is 3. The molecule has 3 aromatic rings. The second kappa shape index (κ2) is 9.98. The third kappa shape index (κ3) is 5.86. The van der Waals surface area contributed by atoms with Crippen LogP contribution in [0.3, 0.4) is 0 Å². The van der Waals surface area contributed by atoms with Gasteiger partial charge in [0.1, 0.15) is 5.69 Å². The van der Waals surface area contributed by atoms with Gasteiger partial charge in [0.05, 0.1) is 27.2 Å². The van der Waals surface area contributed by atoms with Crippen LogP contribution < -0.4 is 19.5 Å². The molecule has 33 heavy (non-hydrogen) atoms. The molecule has 0 aliphatic carbocycles. The number of hydrogen-bond donors (Lipinski definition) is 1. The number of rotatable bonds is 8. The molecule has 2 aromatic heterocycles. The molecule has 1 aromatic carbocycles. The van der Waals surface area contributed by atoms with Gasteiger partial charge in [-0.25, -0.2) is 9.97 Å². The first-order valence-electron chi connectivity index (χ1n) is 9.35. The van der Waals surface area contributed by atoms with Crippen molar-refractivity contribution in [2.24, 2.45) is 0 Å². The predicted octanol–water partition coefficient (Wildman–Crippen LogP) is 4.03. The zero-order valence-electron chi connectivity index (χ0n) is 18.1. The number of anilines is 1. The van der Waals surface area contributed by atoms with Crippen LogP contribution in [0, 0.1) is 6.92 Å². The van der Waals surface area contributed by atoms with Crippen LogP contribution in [0.1, 0.15) is 21.9 Å². The van der Waals surface area contributed by atoms with Gasteiger partial charge in [0.25, 0.3) is 5.91 Å². The molecule has 2 heterocycles. The molecular weight excluding hydrogens is 463 g/mol. The minimum atomic E-state index is -4.56. The number of carbonyl (C=O) groups excluding carboxylic acids is 1. The summed E-state index contributed by atoms with van der Waals surface area (Å²) >= 11 is 0.961. The van der Waals surface area contributed by atoms with Crippen molar-refractivity contribution in [3.05, 3.63) is 47.5 Å². The van der Waals surface area contributed by atoms with E-state index >= 15 is 0 Å². The monoisotopic (exact) mass is 483 g/mol. The van der Waals surface area contributed by atoms with E-state index < -0.39 is 17.8 Å². The number of thioether (sulfide) groups is 1.